The van der Waals surface area contributed by atoms with E-state index in [1.54, 1.807) is 31.5 Å². The summed E-state index contributed by atoms with van der Waals surface area (Å²) in [5.74, 6) is -3.87. The Morgan fingerprint density at radius 3 is 2.44 bits per heavy atom. The number of pyridine rings is 2. The summed E-state index contributed by atoms with van der Waals surface area (Å²) < 4.78 is 5.62. The summed E-state index contributed by atoms with van der Waals surface area (Å²) in [5, 5.41) is 27.0. The SMILES string of the molecule is C[C@@H]1[C@H](NC(=O)c2ncccc2O)C(=O)N[C@@H](Cc2cccnc2)[C@@H](O)[C@@H](C)C(=O)N(C)C(C2CCO2)C(=O)N1C. The van der Waals surface area contributed by atoms with Crippen molar-refractivity contribution in [2.24, 2.45) is 5.92 Å². The number of carbonyl (C=O) groups is 4. The average molecular weight is 569 g/mol. The molecule has 0 aromatic carbocycles. The van der Waals surface area contributed by atoms with Crippen LogP contribution in [-0.4, -0.2) is 111 Å². The Bertz CT molecular complexity index is 1270. The second-order valence-electron chi connectivity index (χ2n) is 10.6. The number of likely N-dealkylation sites (N-methyl/N-ethyl adjacent to an activating group) is 2. The van der Waals surface area contributed by atoms with Crippen molar-refractivity contribution in [2.75, 3.05) is 20.7 Å². The van der Waals surface area contributed by atoms with Crippen LogP contribution in [0.3, 0.4) is 0 Å². The number of carbonyl (C=O) groups excluding carboxylic acids is 4. The van der Waals surface area contributed by atoms with E-state index in [1.807, 2.05) is 0 Å². The molecule has 0 aliphatic carbocycles. The minimum Gasteiger partial charge on any atom is -0.505 e. The zero-order valence-corrected chi connectivity index (χ0v) is 23.4. The molecule has 41 heavy (non-hydrogen) atoms. The molecule has 7 atom stereocenters. The van der Waals surface area contributed by atoms with Gasteiger partial charge in [-0.3, -0.25) is 24.2 Å². The zero-order valence-electron chi connectivity index (χ0n) is 23.4. The van der Waals surface area contributed by atoms with Crippen LogP contribution in [0.5, 0.6) is 5.75 Å². The van der Waals surface area contributed by atoms with Gasteiger partial charge in [-0.2, -0.15) is 0 Å². The van der Waals surface area contributed by atoms with Gasteiger partial charge in [0.1, 0.15) is 17.8 Å². The molecule has 2 aliphatic rings. The normalized spacial score (nSPS) is 29.6. The molecule has 4 rings (SSSR count). The highest BCUT2D eigenvalue weighted by Crippen LogP contribution is 2.25. The van der Waals surface area contributed by atoms with Crippen LogP contribution in [0.1, 0.15) is 36.3 Å². The average Bonchev–Trinajstić information content (AvgIpc) is 2.94. The maximum Gasteiger partial charge on any atom is 0.274 e. The van der Waals surface area contributed by atoms with E-state index in [4.69, 9.17) is 4.74 Å². The van der Waals surface area contributed by atoms with E-state index in [0.717, 1.165) is 0 Å². The van der Waals surface area contributed by atoms with Gasteiger partial charge in [0.15, 0.2) is 5.69 Å². The quantitative estimate of drug-likeness (QED) is 0.370. The van der Waals surface area contributed by atoms with Crippen molar-refractivity contribution in [1.29, 1.82) is 0 Å². The summed E-state index contributed by atoms with van der Waals surface area (Å²) >= 11 is 0. The second-order valence-corrected chi connectivity index (χ2v) is 10.6. The molecule has 2 aliphatic heterocycles. The lowest BCUT2D eigenvalue weighted by Gasteiger charge is -2.44. The number of nitrogens with one attached hydrogen (secondary N) is 2. The Labute approximate surface area is 237 Å². The number of aromatic hydroxyl groups is 1. The molecular weight excluding hydrogens is 532 g/mol. The topological polar surface area (TPSA) is 174 Å². The molecule has 2 unspecified atom stereocenters. The molecule has 4 N–H and O–H groups in total. The number of aliphatic hydroxyl groups is 1. The van der Waals surface area contributed by atoms with Gasteiger partial charge in [0.2, 0.25) is 17.7 Å². The van der Waals surface area contributed by atoms with E-state index in [0.29, 0.717) is 18.6 Å². The molecule has 13 nitrogen and oxygen atoms in total. The number of nitrogens with zero attached hydrogens (tertiary/aromatic N) is 4. The maximum atomic E-state index is 13.8. The number of rotatable bonds is 5. The van der Waals surface area contributed by atoms with Gasteiger partial charge in [0.05, 0.1) is 30.2 Å². The number of aliphatic hydroxyl groups excluding tert-OH is 1. The van der Waals surface area contributed by atoms with Gasteiger partial charge in [-0.1, -0.05) is 13.0 Å². The van der Waals surface area contributed by atoms with Crippen molar-refractivity contribution < 1.29 is 34.1 Å². The number of hydrogen-bond donors (Lipinski definition) is 4. The molecule has 2 saturated heterocycles. The Hall–Kier alpha value is -4.10. The molecule has 13 heteroatoms. The van der Waals surface area contributed by atoms with Crippen molar-refractivity contribution in [3.63, 3.8) is 0 Å². The highest BCUT2D eigenvalue weighted by Gasteiger charge is 2.46. The molecule has 4 heterocycles. The van der Waals surface area contributed by atoms with E-state index in [1.165, 1.54) is 49.1 Å². The van der Waals surface area contributed by atoms with Crippen LogP contribution in [0, 0.1) is 5.92 Å². The Balaban J connectivity index is 1.74. The largest absolute Gasteiger partial charge is 0.505 e. The van der Waals surface area contributed by atoms with E-state index >= 15 is 0 Å². The van der Waals surface area contributed by atoms with E-state index < -0.39 is 65.9 Å². The van der Waals surface area contributed by atoms with Crippen LogP contribution in [0.25, 0.3) is 0 Å². The first-order valence-corrected chi connectivity index (χ1v) is 13.5. The van der Waals surface area contributed by atoms with Crippen molar-refractivity contribution in [2.45, 2.75) is 63.1 Å². The fourth-order valence-electron chi connectivity index (χ4n) is 5.15. The van der Waals surface area contributed by atoms with Crippen molar-refractivity contribution in [1.82, 2.24) is 30.4 Å². The zero-order chi connectivity index (χ0) is 29.8. The molecule has 0 spiro atoms. The fraction of sp³-hybridized carbons (Fsp3) is 0.500. The monoisotopic (exact) mass is 568 g/mol. The first-order valence-electron chi connectivity index (χ1n) is 13.5. The van der Waals surface area contributed by atoms with Crippen molar-refractivity contribution in [3.8, 4) is 5.75 Å². The van der Waals surface area contributed by atoms with E-state index in [9.17, 15) is 29.4 Å². The fourth-order valence-corrected chi connectivity index (χ4v) is 5.15. The summed E-state index contributed by atoms with van der Waals surface area (Å²) in [6.07, 6.45) is 3.30. The smallest absolute Gasteiger partial charge is 0.274 e. The lowest BCUT2D eigenvalue weighted by atomic mass is 9.90. The Morgan fingerprint density at radius 2 is 1.83 bits per heavy atom. The summed E-state index contributed by atoms with van der Waals surface area (Å²) in [6.45, 7) is 3.56. The van der Waals surface area contributed by atoms with E-state index in [2.05, 4.69) is 20.6 Å². The van der Waals surface area contributed by atoms with Gasteiger partial charge in [-0.25, -0.2) is 4.98 Å². The minimum atomic E-state index is -1.35. The summed E-state index contributed by atoms with van der Waals surface area (Å²) in [4.78, 5) is 65.0. The number of ether oxygens (including phenoxy) is 1. The van der Waals surface area contributed by atoms with E-state index in [-0.39, 0.29) is 17.9 Å². The van der Waals surface area contributed by atoms with Gasteiger partial charge in [0.25, 0.3) is 5.91 Å². The molecular formula is C28H36N6O7. The number of hydrogen-bond acceptors (Lipinski definition) is 9. The third-order valence-electron chi connectivity index (χ3n) is 7.94. The van der Waals surface area contributed by atoms with Crippen LogP contribution in [0.15, 0.2) is 42.9 Å². The molecule has 220 valence electrons. The summed E-state index contributed by atoms with van der Waals surface area (Å²) in [6, 6.07) is 2.05. The first-order chi connectivity index (χ1) is 19.5. The Kier molecular flexibility index (Phi) is 9.18. The molecule has 2 aromatic heterocycles. The molecule has 2 aromatic rings. The van der Waals surface area contributed by atoms with Crippen molar-refractivity contribution >= 4 is 23.6 Å². The molecule has 0 bridgehead atoms. The van der Waals surface area contributed by atoms with Crippen molar-refractivity contribution in [3.05, 3.63) is 54.1 Å². The second kappa shape index (κ2) is 12.6. The van der Waals surface area contributed by atoms with Crippen LogP contribution in [0.4, 0.5) is 0 Å². The summed E-state index contributed by atoms with van der Waals surface area (Å²) in [5.41, 5.74) is 0.413. The number of amides is 4. The predicted molar refractivity (Wildman–Crippen MR) is 145 cm³/mol. The lowest BCUT2D eigenvalue weighted by Crippen LogP contribution is -2.66. The number of aromatic nitrogens is 2. The van der Waals surface area contributed by atoms with Crippen LogP contribution in [-0.2, 0) is 25.5 Å². The predicted octanol–water partition coefficient (Wildman–Crippen LogP) is -0.518. The standard InChI is InChI=1S/C28H36N6O7/c1-15-24(36)18(13-17-7-5-10-29-14-17)31-25(37)21(32-26(38)22-19(35)8-6-11-30-22)16(2)33(3)28(40)23(20-9-12-41-20)34(4)27(15)39/h5-8,10-11,14-16,18,20-21,23-24,35-36H,9,12-13H2,1-4H3,(H,31,37)(H,32,38)/t15-,16-,18+,20?,21+,23?,24+/m1/s1. The third-order valence-corrected chi connectivity index (χ3v) is 7.94. The molecule has 4 amide bonds. The Morgan fingerprint density at radius 1 is 1.12 bits per heavy atom. The minimum absolute atomic E-state index is 0.141. The van der Waals surface area contributed by atoms with Crippen LogP contribution in [0.2, 0.25) is 0 Å². The highest BCUT2D eigenvalue weighted by molar-refractivity contribution is 5.98. The van der Waals surface area contributed by atoms with Gasteiger partial charge in [0, 0.05) is 39.3 Å². The molecule has 0 saturated carbocycles. The highest BCUT2D eigenvalue weighted by atomic mass is 16.5. The van der Waals surface area contributed by atoms with Gasteiger partial charge in [-0.05, 0) is 43.5 Å². The molecule has 2 fully saturated rings. The van der Waals surface area contributed by atoms with Crippen LogP contribution < -0.4 is 10.6 Å². The van der Waals surface area contributed by atoms with Gasteiger partial charge >= 0.3 is 0 Å². The van der Waals surface area contributed by atoms with Gasteiger partial charge in [-0.15, -0.1) is 0 Å². The maximum absolute atomic E-state index is 13.8. The van der Waals surface area contributed by atoms with Gasteiger partial charge < -0.3 is 35.4 Å². The third kappa shape index (κ3) is 6.30. The lowest BCUT2D eigenvalue weighted by molar-refractivity contribution is -0.165. The van der Waals surface area contributed by atoms with Crippen LogP contribution >= 0.6 is 0 Å². The molecule has 0 radical (unpaired) electrons. The summed E-state index contributed by atoms with van der Waals surface area (Å²) in [7, 11) is 2.98. The first kappa shape index (κ1) is 29.9.